The Balaban J connectivity index is 1.34. The number of ether oxygens (including phenoxy) is 2. The Hall–Kier alpha value is -2.01. The molecule has 1 aromatic rings. The fourth-order valence-corrected chi connectivity index (χ4v) is 4.66. The highest BCUT2D eigenvalue weighted by atomic mass is 16.5. The first-order valence-corrected chi connectivity index (χ1v) is 10.2. The van der Waals surface area contributed by atoms with E-state index in [2.05, 4.69) is 35.4 Å². The van der Waals surface area contributed by atoms with E-state index in [-0.39, 0.29) is 17.9 Å². The van der Waals surface area contributed by atoms with Crippen molar-refractivity contribution in [1.82, 2.24) is 10.2 Å². The van der Waals surface area contributed by atoms with Crippen molar-refractivity contribution in [3.63, 3.8) is 0 Å². The highest BCUT2D eigenvalue weighted by Gasteiger charge is 2.39. The molecular formula is C22H30N2O3. The van der Waals surface area contributed by atoms with Gasteiger partial charge in [0.15, 0.2) is 0 Å². The Labute approximate surface area is 161 Å². The monoisotopic (exact) mass is 370 g/mol. The summed E-state index contributed by atoms with van der Waals surface area (Å²) in [5, 5.41) is 3.18. The Kier molecular flexibility index (Phi) is 5.39. The molecule has 1 heterocycles. The van der Waals surface area contributed by atoms with Gasteiger partial charge in [-0.3, -0.25) is 9.69 Å². The van der Waals surface area contributed by atoms with Crippen LogP contribution in [0.3, 0.4) is 0 Å². The molecule has 4 rings (SSSR count). The fourth-order valence-electron chi connectivity index (χ4n) is 4.66. The quantitative estimate of drug-likeness (QED) is 0.782. The maximum Gasteiger partial charge on any atom is 0.223 e. The first-order chi connectivity index (χ1) is 13.2. The number of nitrogens with zero attached hydrogens (tertiary/aromatic N) is 1. The lowest BCUT2D eigenvalue weighted by Crippen LogP contribution is -2.40. The lowest BCUT2D eigenvalue weighted by Gasteiger charge is -2.24. The number of benzene rings is 1. The minimum Gasteiger partial charge on any atom is -0.497 e. The van der Waals surface area contributed by atoms with Crippen LogP contribution in [0.5, 0.6) is 11.5 Å². The van der Waals surface area contributed by atoms with Crippen LogP contribution in [0.25, 0.3) is 0 Å². The minimum atomic E-state index is 0.172. The van der Waals surface area contributed by atoms with Crippen LogP contribution in [-0.2, 0) is 11.3 Å². The van der Waals surface area contributed by atoms with Gasteiger partial charge in [0.25, 0.3) is 0 Å². The van der Waals surface area contributed by atoms with Gasteiger partial charge in [-0.15, -0.1) is 0 Å². The van der Waals surface area contributed by atoms with Crippen molar-refractivity contribution < 1.29 is 14.3 Å². The smallest absolute Gasteiger partial charge is 0.223 e. The minimum absolute atomic E-state index is 0.172. The van der Waals surface area contributed by atoms with Crippen LogP contribution >= 0.6 is 0 Å². The van der Waals surface area contributed by atoms with Gasteiger partial charge in [-0.2, -0.15) is 0 Å². The molecule has 1 aliphatic heterocycles. The number of hydrogen-bond donors (Lipinski definition) is 1. The van der Waals surface area contributed by atoms with Gasteiger partial charge >= 0.3 is 0 Å². The van der Waals surface area contributed by atoms with Crippen LogP contribution in [-0.4, -0.2) is 43.7 Å². The molecule has 0 saturated heterocycles. The van der Waals surface area contributed by atoms with E-state index in [1.165, 1.54) is 6.42 Å². The van der Waals surface area contributed by atoms with Crippen molar-refractivity contribution in [2.24, 2.45) is 17.8 Å². The summed E-state index contributed by atoms with van der Waals surface area (Å²) in [7, 11) is 1.69. The van der Waals surface area contributed by atoms with Crippen molar-refractivity contribution in [3.05, 3.63) is 35.9 Å². The van der Waals surface area contributed by atoms with E-state index >= 15 is 0 Å². The average Bonchev–Trinajstić information content (AvgIpc) is 3.27. The van der Waals surface area contributed by atoms with E-state index in [4.69, 9.17) is 9.47 Å². The maximum absolute atomic E-state index is 12.5. The van der Waals surface area contributed by atoms with E-state index in [1.54, 1.807) is 7.11 Å². The Bertz CT molecular complexity index is 718. The van der Waals surface area contributed by atoms with E-state index in [0.29, 0.717) is 18.4 Å². The predicted octanol–water partition coefficient (Wildman–Crippen LogP) is 3.00. The van der Waals surface area contributed by atoms with Crippen molar-refractivity contribution in [3.8, 4) is 11.5 Å². The van der Waals surface area contributed by atoms with Gasteiger partial charge < -0.3 is 14.8 Å². The highest BCUT2D eigenvalue weighted by molar-refractivity contribution is 5.79. The predicted molar refractivity (Wildman–Crippen MR) is 105 cm³/mol. The third-order valence-corrected chi connectivity index (χ3v) is 6.22. The molecule has 5 nitrogen and oxygen atoms in total. The molecule has 1 aromatic carbocycles. The number of rotatable bonds is 6. The van der Waals surface area contributed by atoms with Crippen LogP contribution < -0.4 is 14.8 Å². The summed E-state index contributed by atoms with van der Waals surface area (Å²) in [6.45, 7) is 5.36. The summed E-state index contributed by atoms with van der Waals surface area (Å²) in [6, 6.07) is 6.01. The molecule has 27 heavy (non-hydrogen) atoms. The Morgan fingerprint density at radius 1 is 1.33 bits per heavy atom. The van der Waals surface area contributed by atoms with Gasteiger partial charge in [-0.1, -0.05) is 19.1 Å². The molecule has 1 unspecified atom stereocenters. The van der Waals surface area contributed by atoms with Gasteiger partial charge in [0.1, 0.15) is 17.6 Å². The Morgan fingerprint density at radius 3 is 2.93 bits per heavy atom. The van der Waals surface area contributed by atoms with Crippen LogP contribution in [0.4, 0.5) is 0 Å². The third-order valence-electron chi connectivity index (χ3n) is 6.22. The third kappa shape index (κ3) is 3.98. The SMILES string of the molecule is CCC1CN(CCNC(=O)[C@H]2C[C@@H]3C=C[C@H]2C3)Cc2cc(OC)ccc2O1. The molecule has 4 atom stereocenters. The molecule has 2 bridgehead atoms. The molecular weight excluding hydrogens is 340 g/mol. The second-order valence-electron chi connectivity index (χ2n) is 8.03. The van der Waals surface area contributed by atoms with Crippen molar-refractivity contribution in [2.75, 3.05) is 26.7 Å². The van der Waals surface area contributed by atoms with Crippen LogP contribution in [0.15, 0.2) is 30.4 Å². The zero-order valence-corrected chi connectivity index (χ0v) is 16.3. The van der Waals surface area contributed by atoms with Crippen molar-refractivity contribution in [2.45, 2.75) is 38.8 Å². The molecule has 146 valence electrons. The summed E-state index contributed by atoms with van der Waals surface area (Å²) in [4.78, 5) is 14.9. The number of nitrogens with one attached hydrogen (secondary N) is 1. The molecule has 0 radical (unpaired) electrons. The lowest BCUT2D eigenvalue weighted by molar-refractivity contribution is -0.125. The van der Waals surface area contributed by atoms with Crippen molar-refractivity contribution in [1.29, 1.82) is 0 Å². The molecule has 1 fully saturated rings. The molecule has 2 aliphatic carbocycles. The normalized spacial score (nSPS) is 29.1. The van der Waals surface area contributed by atoms with Crippen LogP contribution in [0.1, 0.15) is 31.7 Å². The largest absolute Gasteiger partial charge is 0.497 e. The molecule has 1 saturated carbocycles. The number of carbonyl (C=O) groups is 1. The molecule has 0 spiro atoms. The zero-order valence-electron chi connectivity index (χ0n) is 16.3. The Morgan fingerprint density at radius 2 is 2.22 bits per heavy atom. The summed E-state index contributed by atoms with van der Waals surface area (Å²) < 4.78 is 11.6. The van der Waals surface area contributed by atoms with E-state index in [9.17, 15) is 4.79 Å². The summed E-state index contributed by atoms with van der Waals surface area (Å²) in [5.74, 6) is 3.30. The first-order valence-electron chi connectivity index (χ1n) is 10.2. The van der Waals surface area contributed by atoms with Crippen molar-refractivity contribution >= 4 is 5.91 Å². The zero-order chi connectivity index (χ0) is 18.8. The van der Waals surface area contributed by atoms with Gasteiger partial charge in [0.2, 0.25) is 5.91 Å². The standard InChI is InChI=1S/C22H30N2O3/c1-3-18-14-24(13-17-12-19(26-2)6-7-21(17)27-18)9-8-23-22(25)20-11-15-4-5-16(20)10-15/h4-7,12,15-16,18,20H,3,8-11,13-14H2,1-2H3,(H,23,25)/t15-,16+,18?,20+/m1/s1. The number of allylic oxidation sites excluding steroid dienone is 2. The van der Waals surface area contributed by atoms with Crippen LogP contribution in [0.2, 0.25) is 0 Å². The van der Waals surface area contributed by atoms with E-state index < -0.39 is 0 Å². The summed E-state index contributed by atoms with van der Waals surface area (Å²) in [5.41, 5.74) is 1.15. The topological polar surface area (TPSA) is 50.8 Å². The van der Waals surface area contributed by atoms with E-state index in [1.807, 2.05) is 12.1 Å². The van der Waals surface area contributed by atoms with E-state index in [0.717, 1.165) is 49.5 Å². The summed E-state index contributed by atoms with van der Waals surface area (Å²) in [6.07, 6.45) is 7.84. The number of hydrogen-bond acceptors (Lipinski definition) is 4. The van der Waals surface area contributed by atoms with Gasteiger partial charge in [0.05, 0.1) is 7.11 Å². The summed E-state index contributed by atoms with van der Waals surface area (Å²) >= 11 is 0. The lowest BCUT2D eigenvalue weighted by atomic mass is 9.93. The average molecular weight is 370 g/mol. The second kappa shape index (κ2) is 7.93. The van der Waals surface area contributed by atoms with Gasteiger partial charge in [-0.25, -0.2) is 0 Å². The second-order valence-corrected chi connectivity index (χ2v) is 8.03. The molecule has 1 N–H and O–H groups in total. The number of methoxy groups -OCH3 is 1. The number of amides is 1. The molecule has 1 amide bonds. The molecule has 0 aromatic heterocycles. The molecule has 3 aliphatic rings. The van der Waals surface area contributed by atoms with Gasteiger partial charge in [-0.05, 0) is 49.3 Å². The van der Waals surface area contributed by atoms with Crippen LogP contribution in [0, 0.1) is 17.8 Å². The van der Waals surface area contributed by atoms with Gasteiger partial charge in [0, 0.05) is 37.7 Å². The highest BCUT2D eigenvalue weighted by Crippen LogP contribution is 2.43. The molecule has 5 heteroatoms. The fraction of sp³-hybridized carbons (Fsp3) is 0.591. The maximum atomic E-state index is 12.5. The number of carbonyl (C=O) groups excluding carboxylic acids is 1. The number of fused-ring (bicyclic) bond motifs is 3. The first kappa shape index (κ1) is 18.4.